The van der Waals surface area contributed by atoms with Crippen molar-refractivity contribution in [3.8, 4) is 17.2 Å². The second kappa shape index (κ2) is 6.62. The zero-order chi connectivity index (χ0) is 17.3. The van der Waals surface area contributed by atoms with Crippen molar-refractivity contribution < 1.29 is 19.0 Å². The number of aromatic nitrogens is 2. The quantitative estimate of drug-likeness (QED) is 0.509. The molecule has 124 valence electrons. The van der Waals surface area contributed by atoms with E-state index in [-0.39, 0.29) is 16.8 Å². The van der Waals surface area contributed by atoms with Gasteiger partial charge in [-0.15, -0.1) is 11.3 Å². The summed E-state index contributed by atoms with van der Waals surface area (Å²) in [5.41, 5.74) is 1.24. The SMILES string of the molecule is COc1cc(C(=O)c2nc(Cl)nc3ccsc23)cc(OC)c1OC. The minimum Gasteiger partial charge on any atom is -0.493 e. The van der Waals surface area contributed by atoms with E-state index in [1.807, 2.05) is 5.38 Å². The minimum absolute atomic E-state index is 0.0247. The van der Waals surface area contributed by atoms with Crippen LogP contribution in [-0.4, -0.2) is 37.1 Å². The molecule has 3 aromatic rings. The van der Waals surface area contributed by atoms with Crippen molar-refractivity contribution in [3.05, 3.63) is 40.1 Å². The molecule has 0 aliphatic carbocycles. The molecule has 0 spiro atoms. The van der Waals surface area contributed by atoms with E-state index in [9.17, 15) is 4.79 Å². The van der Waals surface area contributed by atoms with E-state index in [1.54, 1.807) is 18.2 Å². The molecule has 0 aliphatic heterocycles. The maximum absolute atomic E-state index is 13.0. The number of ether oxygens (including phenoxy) is 3. The lowest BCUT2D eigenvalue weighted by Gasteiger charge is -2.13. The molecule has 0 unspecified atom stereocenters. The molecular weight excluding hydrogens is 352 g/mol. The van der Waals surface area contributed by atoms with Gasteiger partial charge in [-0.2, -0.15) is 0 Å². The molecule has 0 fully saturated rings. The predicted molar refractivity (Wildman–Crippen MR) is 92.0 cm³/mol. The summed E-state index contributed by atoms with van der Waals surface area (Å²) in [5.74, 6) is 0.898. The van der Waals surface area contributed by atoms with Gasteiger partial charge in [0.2, 0.25) is 16.8 Å². The molecule has 0 saturated heterocycles. The number of carbonyl (C=O) groups is 1. The molecule has 0 aliphatic rings. The van der Waals surface area contributed by atoms with Crippen LogP contribution in [0.25, 0.3) is 10.2 Å². The Balaban J connectivity index is 2.17. The second-order valence-corrected chi connectivity index (χ2v) is 5.97. The second-order valence-electron chi connectivity index (χ2n) is 4.72. The Bertz CT molecular complexity index is 901. The van der Waals surface area contributed by atoms with Gasteiger partial charge >= 0.3 is 0 Å². The van der Waals surface area contributed by atoms with Crippen LogP contribution in [0.4, 0.5) is 0 Å². The molecule has 24 heavy (non-hydrogen) atoms. The zero-order valence-corrected chi connectivity index (χ0v) is 14.7. The molecule has 0 radical (unpaired) electrons. The summed E-state index contributed by atoms with van der Waals surface area (Å²) >= 11 is 7.32. The number of fused-ring (bicyclic) bond motifs is 1. The number of thiophene rings is 1. The maximum atomic E-state index is 13.0. The van der Waals surface area contributed by atoms with Gasteiger partial charge in [-0.3, -0.25) is 4.79 Å². The molecular formula is C16H13ClN2O4S. The van der Waals surface area contributed by atoms with E-state index >= 15 is 0 Å². The highest BCUT2D eigenvalue weighted by Crippen LogP contribution is 2.39. The van der Waals surface area contributed by atoms with Crippen LogP contribution < -0.4 is 14.2 Å². The van der Waals surface area contributed by atoms with E-state index in [2.05, 4.69) is 9.97 Å². The Morgan fingerprint density at radius 1 is 1.08 bits per heavy atom. The van der Waals surface area contributed by atoms with Crippen molar-refractivity contribution in [3.63, 3.8) is 0 Å². The lowest BCUT2D eigenvalue weighted by atomic mass is 10.1. The van der Waals surface area contributed by atoms with Crippen LogP contribution in [0, 0.1) is 0 Å². The molecule has 0 bridgehead atoms. The first kappa shape index (κ1) is 16.5. The van der Waals surface area contributed by atoms with E-state index in [1.165, 1.54) is 32.7 Å². The summed E-state index contributed by atoms with van der Waals surface area (Å²) in [6.45, 7) is 0. The number of halogens is 1. The molecule has 1 aromatic carbocycles. The predicted octanol–water partition coefficient (Wildman–Crippen LogP) is 3.60. The van der Waals surface area contributed by atoms with Crippen LogP contribution in [-0.2, 0) is 0 Å². The first-order valence-electron chi connectivity index (χ1n) is 6.84. The standard InChI is InChI=1S/C16H13ClN2O4S/c1-21-10-6-8(7-11(22-2)14(10)23-3)13(20)12-15-9(4-5-24-15)18-16(17)19-12/h4-7H,1-3H3. The molecule has 3 rings (SSSR count). The van der Waals surface area contributed by atoms with Gasteiger partial charge in [0, 0.05) is 5.56 Å². The molecule has 2 aromatic heterocycles. The average Bonchev–Trinajstić information content (AvgIpc) is 3.07. The monoisotopic (exact) mass is 364 g/mol. The van der Waals surface area contributed by atoms with Crippen molar-refractivity contribution in [1.82, 2.24) is 9.97 Å². The zero-order valence-electron chi connectivity index (χ0n) is 13.1. The minimum atomic E-state index is -0.300. The molecule has 0 amide bonds. The lowest BCUT2D eigenvalue weighted by molar-refractivity contribution is 0.103. The topological polar surface area (TPSA) is 70.5 Å². The summed E-state index contributed by atoms with van der Waals surface area (Å²) in [5, 5.41) is 1.86. The maximum Gasteiger partial charge on any atom is 0.223 e. The Morgan fingerprint density at radius 2 is 1.75 bits per heavy atom. The largest absolute Gasteiger partial charge is 0.493 e. The van der Waals surface area contributed by atoms with Crippen LogP contribution in [0.5, 0.6) is 17.2 Å². The summed E-state index contributed by atoms with van der Waals surface area (Å²) in [7, 11) is 4.48. The molecule has 6 nitrogen and oxygen atoms in total. The fourth-order valence-electron chi connectivity index (χ4n) is 2.34. The van der Waals surface area contributed by atoms with Crippen LogP contribution >= 0.6 is 22.9 Å². The average molecular weight is 365 g/mol. The van der Waals surface area contributed by atoms with E-state index < -0.39 is 0 Å². The number of carbonyl (C=O) groups excluding carboxylic acids is 1. The van der Waals surface area contributed by atoms with Crippen LogP contribution in [0.15, 0.2) is 23.6 Å². The first-order chi connectivity index (χ1) is 11.6. The third-order valence-electron chi connectivity index (χ3n) is 3.42. The van der Waals surface area contributed by atoms with Gasteiger partial charge in [-0.05, 0) is 35.2 Å². The fourth-order valence-corrected chi connectivity index (χ4v) is 3.33. The van der Waals surface area contributed by atoms with Gasteiger partial charge < -0.3 is 14.2 Å². The summed E-state index contributed by atoms with van der Waals surface area (Å²) < 4.78 is 16.5. The van der Waals surface area contributed by atoms with Crippen molar-refractivity contribution >= 4 is 38.9 Å². The van der Waals surface area contributed by atoms with E-state index in [0.717, 1.165) is 0 Å². The molecule has 0 saturated carbocycles. The highest BCUT2D eigenvalue weighted by Gasteiger charge is 2.22. The number of ketones is 1. The Kier molecular flexibility index (Phi) is 4.55. The summed E-state index contributed by atoms with van der Waals surface area (Å²) in [6, 6.07) is 4.96. The highest BCUT2D eigenvalue weighted by atomic mass is 35.5. The van der Waals surface area contributed by atoms with Crippen molar-refractivity contribution in [1.29, 1.82) is 0 Å². The lowest BCUT2D eigenvalue weighted by Crippen LogP contribution is -2.07. The van der Waals surface area contributed by atoms with Crippen molar-refractivity contribution in [2.75, 3.05) is 21.3 Å². The van der Waals surface area contributed by atoms with Crippen molar-refractivity contribution in [2.45, 2.75) is 0 Å². The number of hydrogen-bond donors (Lipinski definition) is 0. The third-order valence-corrected chi connectivity index (χ3v) is 4.50. The smallest absolute Gasteiger partial charge is 0.223 e. The normalized spacial score (nSPS) is 10.7. The summed E-state index contributed by atoms with van der Waals surface area (Å²) in [6.07, 6.45) is 0. The van der Waals surface area contributed by atoms with Crippen LogP contribution in [0.1, 0.15) is 16.1 Å². The fraction of sp³-hybridized carbons (Fsp3) is 0.188. The number of hydrogen-bond acceptors (Lipinski definition) is 7. The van der Waals surface area contributed by atoms with Crippen LogP contribution in [0.2, 0.25) is 5.28 Å². The number of rotatable bonds is 5. The number of methoxy groups -OCH3 is 3. The van der Waals surface area contributed by atoms with E-state index in [0.29, 0.717) is 33.0 Å². The Labute approximate surface area is 147 Å². The van der Waals surface area contributed by atoms with Gasteiger partial charge in [0.15, 0.2) is 11.5 Å². The van der Waals surface area contributed by atoms with Gasteiger partial charge in [0.25, 0.3) is 0 Å². The first-order valence-corrected chi connectivity index (χ1v) is 8.10. The summed E-state index contributed by atoms with van der Waals surface area (Å²) in [4.78, 5) is 21.2. The van der Waals surface area contributed by atoms with Crippen molar-refractivity contribution in [2.24, 2.45) is 0 Å². The molecule has 0 N–H and O–H groups in total. The van der Waals surface area contributed by atoms with Gasteiger partial charge in [0.1, 0.15) is 5.69 Å². The number of benzene rings is 1. The molecule has 2 heterocycles. The van der Waals surface area contributed by atoms with Gasteiger partial charge in [0.05, 0.1) is 31.5 Å². The van der Waals surface area contributed by atoms with Gasteiger partial charge in [-0.25, -0.2) is 9.97 Å². The Hall–Kier alpha value is -2.38. The molecule has 8 heteroatoms. The third kappa shape index (κ3) is 2.76. The number of nitrogens with zero attached hydrogens (tertiary/aromatic N) is 2. The van der Waals surface area contributed by atoms with Crippen LogP contribution in [0.3, 0.4) is 0 Å². The Morgan fingerprint density at radius 3 is 2.33 bits per heavy atom. The van der Waals surface area contributed by atoms with E-state index in [4.69, 9.17) is 25.8 Å². The molecule has 0 atom stereocenters. The highest BCUT2D eigenvalue weighted by molar-refractivity contribution is 7.17. The van der Waals surface area contributed by atoms with Gasteiger partial charge in [-0.1, -0.05) is 0 Å².